The predicted octanol–water partition coefficient (Wildman–Crippen LogP) is 3.73. The molecule has 0 radical (unpaired) electrons. The average Bonchev–Trinajstić information content (AvgIpc) is 2.48. The van der Waals surface area contributed by atoms with Crippen molar-refractivity contribution >= 4 is 5.78 Å². The Morgan fingerprint density at radius 2 is 1.90 bits per heavy atom. The summed E-state index contributed by atoms with van der Waals surface area (Å²) in [6.45, 7) is 1.98. The van der Waals surface area contributed by atoms with Gasteiger partial charge in [-0.15, -0.1) is 0 Å². The van der Waals surface area contributed by atoms with Crippen LogP contribution in [0.15, 0.2) is 48.5 Å². The minimum Gasteiger partial charge on any atom is -0.508 e. The molecule has 3 rings (SSSR count). The fourth-order valence-electron chi connectivity index (χ4n) is 2.71. The average molecular weight is 268 g/mol. The van der Waals surface area contributed by atoms with Crippen molar-refractivity contribution in [2.24, 2.45) is 5.92 Å². The van der Waals surface area contributed by atoms with Gasteiger partial charge in [-0.1, -0.05) is 37.3 Å². The van der Waals surface area contributed by atoms with Crippen molar-refractivity contribution in [2.75, 3.05) is 0 Å². The Labute approximate surface area is 117 Å². The van der Waals surface area contributed by atoms with Crippen molar-refractivity contribution in [1.29, 1.82) is 0 Å². The number of carbonyl (C=O) groups excluding carboxylic acids is 1. The van der Waals surface area contributed by atoms with E-state index in [0.717, 1.165) is 5.56 Å². The number of hydrogen-bond acceptors (Lipinski definition) is 3. The molecule has 2 atom stereocenters. The maximum absolute atomic E-state index is 12.6. The van der Waals surface area contributed by atoms with Crippen LogP contribution in [0.3, 0.4) is 0 Å². The second-order valence-corrected chi connectivity index (χ2v) is 5.01. The zero-order chi connectivity index (χ0) is 14.1. The molecule has 1 aliphatic rings. The van der Waals surface area contributed by atoms with Crippen LogP contribution in [-0.2, 0) is 0 Å². The first kappa shape index (κ1) is 12.7. The first-order chi connectivity index (χ1) is 9.70. The molecule has 3 heteroatoms. The van der Waals surface area contributed by atoms with Crippen LogP contribution in [0.25, 0.3) is 0 Å². The van der Waals surface area contributed by atoms with Crippen LogP contribution in [0.4, 0.5) is 0 Å². The van der Waals surface area contributed by atoms with Crippen molar-refractivity contribution in [3.8, 4) is 11.5 Å². The van der Waals surface area contributed by atoms with Gasteiger partial charge in [-0.3, -0.25) is 4.79 Å². The molecule has 0 bridgehead atoms. The van der Waals surface area contributed by atoms with E-state index >= 15 is 0 Å². The van der Waals surface area contributed by atoms with E-state index in [4.69, 9.17) is 4.74 Å². The maximum Gasteiger partial charge on any atom is 0.173 e. The van der Waals surface area contributed by atoms with Gasteiger partial charge in [0.25, 0.3) is 0 Å². The summed E-state index contributed by atoms with van der Waals surface area (Å²) in [5, 5.41) is 9.54. The minimum absolute atomic E-state index is 0.0403. The smallest absolute Gasteiger partial charge is 0.173 e. The summed E-state index contributed by atoms with van der Waals surface area (Å²) in [5.74, 6) is 0.463. The lowest BCUT2D eigenvalue weighted by Crippen LogP contribution is -2.31. The van der Waals surface area contributed by atoms with Crippen LogP contribution in [0.1, 0.15) is 35.4 Å². The molecule has 0 spiro atoms. The highest BCUT2D eigenvalue weighted by Gasteiger charge is 2.36. The molecular formula is C17H16O3. The number of Topliss-reactive ketones (excluding diaryl/α,β-unsaturated/α-hetero) is 1. The van der Waals surface area contributed by atoms with E-state index in [0.29, 0.717) is 17.7 Å². The van der Waals surface area contributed by atoms with Crippen molar-refractivity contribution < 1.29 is 14.6 Å². The lowest BCUT2D eigenvalue weighted by Gasteiger charge is -2.32. The van der Waals surface area contributed by atoms with Crippen LogP contribution in [-0.4, -0.2) is 10.9 Å². The SMILES string of the molecule is CCC1C(=O)c2cc(O)ccc2OC1c1ccccc1. The molecule has 2 aromatic rings. The van der Waals surface area contributed by atoms with Crippen LogP contribution in [0.2, 0.25) is 0 Å². The summed E-state index contributed by atoms with van der Waals surface area (Å²) >= 11 is 0. The zero-order valence-corrected chi connectivity index (χ0v) is 11.2. The predicted molar refractivity (Wildman–Crippen MR) is 76.0 cm³/mol. The Balaban J connectivity index is 2.06. The number of phenols is 1. The monoisotopic (exact) mass is 268 g/mol. The lowest BCUT2D eigenvalue weighted by molar-refractivity contribution is 0.0647. The molecule has 0 aliphatic carbocycles. The van der Waals surface area contributed by atoms with E-state index in [-0.39, 0.29) is 23.6 Å². The van der Waals surface area contributed by atoms with E-state index in [1.807, 2.05) is 37.3 Å². The van der Waals surface area contributed by atoms with Crippen LogP contribution >= 0.6 is 0 Å². The van der Waals surface area contributed by atoms with Gasteiger partial charge < -0.3 is 9.84 Å². The second kappa shape index (κ2) is 5.00. The molecule has 0 aromatic heterocycles. The zero-order valence-electron chi connectivity index (χ0n) is 11.2. The highest BCUT2D eigenvalue weighted by Crippen LogP contribution is 2.41. The molecule has 1 heterocycles. The van der Waals surface area contributed by atoms with Crippen LogP contribution < -0.4 is 4.74 Å². The van der Waals surface area contributed by atoms with Crippen molar-refractivity contribution in [3.05, 3.63) is 59.7 Å². The number of fused-ring (bicyclic) bond motifs is 1. The summed E-state index contributed by atoms with van der Waals surface area (Å²) < 4.78 is 6.01. The lowest BCUT2D eigenvalue weighted by atomic mass is 9.84. The van der Waals surface area contributed by atoms with Crippen molar-refractivity contribution in [2.45, 2.75) is 19.4 Å². The molecule has 0 saturated carbocycles. The summed E-state index contributed by atoms with van der Waals surface area (Å²) in [6, 6.07) is 14.5. The Bertz CT molecular complexity index is 634. The molecular weight excluding hydrogens is 252 g/mol. The fraction of sp³-hybridized carbons (Fsp3) is 0.235. The standard InChI is InChI=1S/C17H16O3/c1-2-13-16(19)14-10-12(18)8-9-15(14)20-17(13)11-6-4-3-5-7-11/h3-10,13,17-18H,2H2,1H3. The van der Waals surface area contributed by atoms with E-state index in [1.165, 1.54) is 6.07 Å². The Morgan fingerprint density at radius 1 is 1.15 bits per heavy atom. The van der Waals surface area contributed by atoms with Gasteiger partial charge in [0.05, 0.1) is 11.5 Å². The van der Waals surface area contributed by atoms with E-state index in [2.05, 4.69) is 0 Å². The number of benzene rings is 2. The van der Waals surface area contributed by atoms with Gasteiger partial charge in [0, 0.05) is 0 Å². The third kappa shape index (κ3) is 2.05. The Morgan fingerprint density at radius 3 is 2.60 bits per heavy atom. The molecule has 0 fully saturated rings. The third-order valence-corrected chi connectivity index (χ3v) is 3.75. The van der Waals surface area contributed by atoms with Gasteiger partial charge in [0.1, 0.15) is 17.6 Å². The number of aromatic hydroxyl groups is 1. The molecule has 1 aliphatic heterocycles. The van der Waals surface area contributed by atoms with Crippen molar-refractivity contribution in [3.63, 3.8) is 0 Å². The fourth-order valence-corrected chi connectivity index (χ4v) is 2.71. The van der Waals surface area contributed by atoms with Gasteiger partial charge >= 0.3 is 0 Å². The number of phenolic OH excluding ortho intramolecular Hbond substituents is 1. The quantitative estimate of drug-likeness (QED) is 0.902. The molecule has 1 N–H and O–H groups in total. The molecule has 0 saturated heterocycles. The summed E-state index contributed by atoms with van der Waals surface area (Å²) in [4.78, 5) is 12.6. The van der Waals surface area contributed by atoms with Gasteiger partial charge in [0.2, 0.25) is 0 Å². The topological polar surface area (TPSA) is 46.5 Å². The minimum atomic E-state index is -0.259. The molecule has 20 heavy (non-hydrogen) atoms. The van der Waals surface area contributed by atoms with Crippen LogP contribution in [0.5, 0.6) is 11.5 Å². The van der Waals surface area contributed by atoms with E-state index in [9.17, 15) is 9.90 Å². The highest BCUT2D eigenvalue weighted by molar-refractivity contribution is 6.02. The molecule has 2 aromatic carbocycles. The molecule has 3 nitrogen and oxygen atoms in total. The van der Waals surface area contributed by atoms with Gasteiger partial charge in [0.15, 0.2) is 5.78 Å². The second-order valence-electron chi connectivity index (χ2n) is 5.01. The number of rotatable bonds is 2. The molecule has 102 valence electrons. The summed E-state index contributed by atoms with van der Waals surface area (Å²) in [6.07, 6.45) is 0.443. The maximum atomic E-state index is 12.6. The van der Waals surface area contributed by atoms with Gasteiger partial charge in [-0.2, -0.15) is 0 Å². The largest absolute Gasteiger partial charge is 0.508 e. The normalized spacial score (nSPS) is 21.1. The van der Waals surface area contributed by atoms with Gasteiger partial charge in [-0.25, -0.2) is 0 Å². The third-order valence-electron chi connectivity index (χ3n) is 3.75. The summed E-state index contributed by atoms with van der Waals surface area (Å²) in [5.41, 5.74) is 1.48. The highest BCUT2D eigenvalue weighted by atomic mass is 16.5. The number of ether oxygens (including phenoxy) is 1. The molecule has 2 unspecified atom stereocenters. The Hall–Kier alpha value is -2.29. The van der Waals surface area contributed by atoms with E-state index in [1.54, 1.807) is 12.1 Å². The Kier molecular flexibility index (Phi) is 3.18. The summed E-state index contributed by atoms with van der Waals surface area (Å²) in [7, 11) is 0. The first-order valence-corrected chi connectivity index (χ1v) is 6.79. The van der Waals surface area contributed by atoms with E-state index < -0.39 is 0 Å². The number of ketones is 1. The molecule has 0 amide bonds. The first-order valence-electron chi connectivity index (χ1n) is 6.79. The number of hydrogen-bond donors (Lipinski definition) is 1. The van der Waals surface area contributed by atoms with Gasteiger partial charge in [-0.05, 0) is 30.2 Å². The van der Waals surface area contributed by atoms with Crippen LogP contribution in [0, 0.1) is 5.92 Å². The van der Waals surface area contributed by atoms with Crippen molar-refractivity contribution in [1.82, 2.24) is 0 Å². The number of carbonyl (C=O) groups is 1.